The summed E-state index contributed by atoms with van der Waals surface area (Å²) in [6.45, 7) is 0.639. The third kappa shape index (κ3) is 2.21. The van der Waals surface area contributed by atoms with Gasteiger partial charge in [0.15, 0.2) is 5.76 Å². The Kier molecular flexibility index (Phi) is 3.06. The Morgan fingerprint density at radius 3 is 3.07 bits per heavy atom. The first kappa shape index (κ1) is 10.2. The van der Waals surface area contributed by atoms with Crippen molar-refractivity contribution >= 4 is 17.1 Å². The first-order valence-electron chi connectivity index (χ1n) is 4.81. The molecule has 3 nitrogen and oxygen atoms in total. The third-order valence-corrected chi connectivity index (χ3v) is 3.10. The highest BCUT2D eigenvalue weighted by Crippen LogP contribution is 2.25. The van der Waals surface area contributed by atoms with E-state index in [1.54, 1.807) is 13.2 Å². The van der Waals surface area contributed by atoms with Crippen molar-refractivity contribution < 1.29 is 14.3 Å². The quantitative estimate of drug-likeness (QED) is 0.740. The smallest absolute Gasteiger partial charge is 0.237 e. The molecular formula is C11H12O3S. The van der Waals surface area contributed by atoms with Gasteiger partial charge in [-0.2, -0.15) is 0 Å². The lowest BCUT2D eigenvalue weighted by molar-refractivity contribution is 0.0902. The van der Waals surface area contributed by atoms with Gasteiger partial charge in [0.2, 0.25) is 5.78 Å². The van der Waals surface area contributed by atoms with Crippen LogP contribution in [0, 0.1) is 0 Å². The van der Waals surface area contributed by atoms with Crippen molar-refractivity contribution in [3.05, 3.63) is 28.2 Å². The maximum absolute atomic E-state index is 11.9. The summed E-state index contributed by atoms with van der Waals surface area (Å²) in [4.78, 5) is 12.6. The topological polar surface area (TPSA) is 35.5 Å². The summed E-state index contributed by atoms with van der Waals surface area (Å²) in [5.74, 6) is 1.16. The second-order valence-corrected chi connectivity index (χ2v) is 4.15. The molecule has 0 N–H and O–H groups in total. The number of carbonyl (C=O) groups excluding carboxylic acids is 1. The van der Waals surface area contributed by atoms with E-state index >= 15 is 0 Å². The fourth-order valence-corrected chi connectivity index (χ4v) is 2.18. The molecule has 1 aliphatic rings. The van der Waals surface area contributed by atoms with Gasteiger partial charge in [-0.1, -0.05) is 0 Å². The molecule has 1 aromatic heterocycles. The molecule has 0 saturated heterocycles. The maximum Gasteiger partial charge on any atom is 0.237 e. The number of hydrogen-bond acceptors (Lipinski definition) is 4. The molecular weight excluding hydrogens is 212 g/mol. The van der Waals surface area contributed by atoms with Crippen LogP contribution in [0.3, 0.4) is 0 Å². The molecule has 80 valence electrons. The van der Waals surface area contributed by atoms with E-state index in [2.05, 4.69) is 0 Å². The van der Waals surface area contributed by atoms with Crippen LogP contribution in [0.4, 0.5) is 0 Å². The molecule has 0 saturated carbocycles. The Morgan fingerprint density at radius 1 is 1.60 bits per heavy atom. The number of hydrogen-bond donors (Lipinski definition) is 0. The van der Waals surface area contributed by atoms with Crippen LogP contribution in [-0.4, -0.2) is 19.5 Å². The second kappa shape index (κ2) is 4.49. The number of ketones is 1. The van der Waals surface area contributed by atoms with E-state index in [1.807, 2.05) is 11.5 Å². The maximum atomic E-state index is 11.9. The van der Waals surface area contributed by atoms with E-state index in [-0.39, 0.29) is 5.78 Å². The molecule has 0 aliphatic carbocycles. The van der Waals surface area contributed by atoms with Crippen molar-refractivity contribution in [2.24, 2.45) is 0 Å². The van der Waals surface area contributed by atoms with E-state index in [4.69, 9.17) is 9.47 Å². The van der Waals surface area contributed by atoms with Crippen molar-refractivity contribution in [3.8, 4) is 5.75 Å². The average molecular weight is 224 g/mol. The molecule has 0 aromatic carbocycles. The van der Waals surface area contributed by atoms with E-state index < -0.39 is 0 Å². The largest absolute Gasteiger partial charge is 0.496 e. The lowest BCUT2D eigenvalue weighted by Gasteiger charge is -2.12. The van der Waals surface area contributed by atoms with Gasteiger partial charge in [-0.25, -0.2) is 0 Å². The highest BCUT2D eigenvalue weighted by molar-refractivity contribution is 7.12. The number of carbonyl (C=O) groups is 1. The lowest BCUT2D eigenvalue weighted by atomic mass is 10.2. The number of methoxy groups -OCH3 is 1. The summed E-state index contributed by atoms with van der Waals surface area (Å²) in [7, 11) is 1.59. The summed E-state index contributed by atoms with van der Waals surface area (Å²) in [6.07, 6.45) is 3.77. The SMILES string of the molecule is COc1csc(C(=O)C2=CCCCO2)c1. The van der Waals surface area contributed by atoms with Gasteiger partial charge in [0, 0.05) is 11.4 Å². The zero-order valence-corrected chi connectivity index (χ0v) is 9.30. The minimum Gasteiger partial charge on any atom is -0.496 e. The predicted molar refractivity (Wildman–Crippen MR) is 58.5 cm³/mol. The van der Waals surface area contributed by atoms with Crippen LogP contribution in [0.1, 0.15) is 22.5 Å². The van der Waals surface area contributed by atoms with Crippen molar-refractivity contribution in [2.75, 3.05) is 13.7 Å². The zero-order valence-electron chi connectivity index (χ0n) is 8.49. The second-order valence-electron chi connectivity index (χ2n) is 3.24. The first-order chi connectivity index (χ1) is 7.31. The molecule has 0 unspecified atom stereocenters. The standard InChI is InChI=1S/C11H12O3S/c1-13-8-6-10(15-7-8)11(12)9-4-2-3-5-14-9/h4,6-7H,2-3,5H2,1H3. The molecule has 2 rings (SSSR count). The molecule has 2 heterocycles. The molecule has 0 atom stereocenters. The molecule has 0 fully saturated rings. The fraction of sp³-hybridized carbons (Fsp3) is 0.364. The number of allylic oxidation sites excluding steroid dienone is 2. The summed E-state index contributed by atoms with van der Waals surface area (Å²) < 4.78 is 10.3. The van der Waals surface area contributed by atoms with E-state index in [1.165, 1.54) is 11.3 Å². The number of thiophene rings is 1. The van der Waals surface area contributed by atoms with Gasteiger partial charge in [0.05, 0.1) is 18.6 Å². The van der Waals surface area contributed by atoms with Gasteiger partial charge in [0.25, 0.3) is 0 Å². The number of ether oxygens (including phenoxy) is 2. The van der Waals surface area contributed by atoms with Gasteiger partial charge in [0.1, 0.15) is 5.75 Å². The molecule has 15 heavy (non-hydrogen) atoms. The molecule has 1 aromatic rings. The van der Waals surface area contributed by atoms with Crippen LogP contribution in [-0.2, 0) is 4.74 Å². The van der Waals surface area contributed by atoms with Gasteiger partial charge < -0.3 is 9.47 Å². The number of Topliss-reactive ketones (excluding diaryl/α,β-unsaturated/α-hetero) is 1. The summed E-state index contributed by atoms with van der Waals surface area (Å²) in [5.41, 5.74) is 0. The molecule has 4 heteroatoms. The Morgan fingerprint density at radius 2 is 2.47 bits per heavy atom. The Hall–Kier alpha value is -1.29. The van der Waals surface area contributed by atoms with Gasteiger partial charge in [-0.05, 0) is 18.9 Å². The van der Waals surface area contributed by atoms with E-state index in [0.717, 1.165) is 18.6 Å². The molecule has 0 bridgehead atoms. The molecule has 0 amide bonds. The highest BCUT2D eigenvalue weighted by atomic mass is 32.1. The molecule has 0 radical (unpaired) electrons. The Bertz CT molecular complexity index is 392. The highest BCUT2D eigenvalue weighted by Gasteiger charge is 2.17. The third-order valence-electron chi connectivity index (χ3n) is 2.19. The van der Waals surface area contributed by atoms with Crippen molar-refractivity contribution in [1.82, 2.24) is 0 Å². The zero-order chi connectivity index (χ0) is 10.7. The average Bonchev–Trinajstić information content (AvgIpc) is 2.78. The predicted octanol–water partition coefficient (Wildman–Crippen LogP) is 2.63. The molecule has 1 aliphatic heterocycles. The van der Waals surface area contributed by atoms with Gasteiger partial charge in [-0.15, -0.1) is 11.3 Å². The minimum absolute atomic E-state index is 0.0389. The normalized spacial score (nSPS) is 15.4. The van der Waals surface area contributed by atoms with Crippen molar-refractivity contribution in [2.45, 2.75) is 12.8 Å². The van der Waals surface area contributed by atoms with Crippen LogP contribution in [0.15, 0.2) is 23.3 Å². The Labute approximate surface area is 92.3 Å². The Balaban J connectivity index is 2.16. The molecule has 0 spiro atoms. The monoisotopic (exact) mass is 224 g/mol. The van der Waals surface area contributed by atoms with Crippen LogP contribution >= 0.6 is 11.3 Å². The van der Waals surface area contributed by atoms with E-state index in [0.29, 0.717) is 17.2 Å². The summed E-state index contributed by atoms with van der Waals surface area (Å²) in [6, 6.07) is 1.74. The van der Waals surface area contributed by atoms with Crippen molar-refractivity contribution in [3.63, 3.8) is 0 Å². The summed E-state index contributed by atoms with van der Waals surface area (Å²) in [5, 5.41) is 1.82. The number of rotatable bonds is 3. The van der Waals surface area contributed by atoms with Crippen LogP contribution in [0.25, 0.3) is 0 Å². The van der Waals surface area contributed by atoms with Crippen LogP contribution < -0.4 is 4.74 Å². The van der Waals surface area contributed by atoms with Crippen LogP contribution in [0.5, 0.6) is 5.75 Å². The van der Waals surface area contributed by atoms with Crippen LogP contribution in [0.2, 0.25) is 0 Å². The lowest BCUT2D eigenvalue weighted by Crippen LogP contribution is -2.10. The fourth-order valence-electron chi connectivity index (χ4n) is 1.38. The van der Waals surface area contributed by atoms with Gasteiger partial charge >= 0.3 is 0 Å². The summed E-state index contributed by atoms with van der Waals surface area (Å²) >= 11 is 1.38. The first-order valence-corrected chi connectivity index (χ1v) is 5.69. The van der Waals surface area contributed by atoms with Crippen molar-refractivity contribution in [1.29, 1.82) is 0 Å². The minimum atomic E-state index is -0.0389. The van der Waals surface area contributed by atoms with Gasteiger partial charge in [-0.3, -0.25) is 4.79 Å². The van der Waals surface area contributed by atoms with E-state index in [9.17, 15) is 4.79 Å².